The molecule has 0 aromatic heterocycles. The van der Waals surface area contributed by atoms with Crippen LogP contribution in [-0.2, 0) is 14.8 Å². The summed E-state index contributed by atoms with van der Waals surface area (Å²) in [5, 5.41) is 8.45. The van der Waals surface area contributed by atoms with Gasteiger partial charge in [0.15, 0.2) is 0 Å². The lowest BCUT2D eigenvalue weighted by molar-refractivity contribution is -0.136. The Hall–Kier alpha value is -0.620. The van der Waals surface area contributed by atoms with E-state index in [1.54, 1.807) is 0 Å². The van der Waals surface area contributed by atoms with Crippen molar-refractivity contribution in [2.45, 2.75) is 45.4 Å². The summed E-state index contributed by atoms with van der Waals surface area (Å²) in [6, 6.07) is 0. The number of carboxylic acids is 1. The Bertz CT molecular complexity index is 358. The molecule has 0 bridgehead atoms. The second kappa shape index (κ2) is 5.82. The zero-order valence-electron chi connectivity index (χ0n) is 10.2. The first kappa shape index (κ1) is 14.4. The molecule has 6 heteroatoms. The predicted octanol–water partition coefficient (Wildman–Crippen LogP) is 1.35. The van der Waals surface area contributed by atoms with Crippen molar-refractivity contribution in [2.24, 2.45) is 5.41 Å². The Morgan fingerprint density at radius 2 is 1.88 bits per heavy atom. The number of carboxylic acid groups (broad SMARTS) is 1. The molecule has 0 aromatic rings. The molecule has 0 aliphatic heterocycles. The first-order valence-electron chi connectivity index (χ1n) is 6.02. The van der Waals surface area contributed by atoms with Crippen LogP contribution < -0.4 is 4.72 Å². The average Bonchev–Trinajstić information content (AvgIpc) is 2.26. The van der Waals surface area contributed by atoms with Gasteiger partial charge in [0.05, 0.1) is 12.2 Å². The molecule has 17 heavy (non-hydrogen) atoms. The number of nitrogens with one attached hydrogen (secondary N) is 1. The number of aliphatic carboxylic acids is 1. The molecule has 2 N–H and O–H groups in total. The van der Waals surface area contributed by atoms with Crippen molar-refractivity contribution in [3.8, 4) is 0 Å². The zero-order valence-corrected chi connectivity index (χ0v) is 11.1. The molecule has 0 atom stereocenters. The maximum absolute atomic E-state index is 11.5. The predicted molar refractivity (Wildman–Crippen MR) is 65.2 cm³/mol. The van der Waals surface area contributed by atoms with Crippen LogP contribution in [0.15, 0.2) is 0 Å². The molecule has 0 amide bonds. The number of sulfonamides is 1. The molecular formula is C11H21NO4S. The first-order chi connectivity index (χ1) is 7.83. The Morgan fingerprint density at radius 3 is 2.41 bits per heavy atom. The summed E-state index contributed by atoms with van der Waals surface area (Å²) in [4.78, 5) is 10.3. The van der Waals surface area contributed by atoms with E-state index in [4.69, 9.17) is 5.11 Å². The van der Waals surface area contributed by atoms with E-state index >= 15 is 0 Å². The van der Waals surface area contributed by atoms with Crippen LogP contribution in [0.5, 0.6) is 0 Å². The molecule has 0 radical (unpaired) electrons. The Balaban J connectivity index is 2.40. The van der Waals surface area contributed by atoms with Gasteiger partial charge in [-0.25, -0.2) is 13.1 Å². The SMILES string of the molecule is CC1(CNS(=O)(=O)CCC(=O)O)CCCCC1. The third-order valence-corrected chi connectivity index (χ3v) is 4.69. The van der Waals surface area contributed by atoms with E-state index in [1.165, 1.54) is 6.42 Å². The van der Waals surface area contributed by atoms with E-state index in [2.05, 4.69) is 11.6 Å². The molecule has 1 aliphatic carbocycles. The lowest BCUT2D eigenvalue weighted by Crippen LogP contribution is -2.38. The van der Waals surface area contributed by atoms with Crippen molar-refractivity contribution in [3.63, 3.8) is 0 Å². The van der Waals surface area contributed by atoms with Gasteiger partial charge < -0.3 is 5.11 Å². The van der Waals surface area contributed by atoms with Gasteiger partial charge in [-0.2, -0.15) is 0 Å². The van der Waals surface area contributed by atoms with Gasteiger partial charge in [-0.05, 0) is 18.3 Å². The molecule has 5 nitrogen and oxygen atoms in total. The van der Waals surface area contributed by atoms with Crippen LogP contribution in [0.3, 0.4) is 0 Å². The van der Waals surface area contributed by atoms with E-state index in [1.807, 2.05) is 0 Å². The highest BCUT2D eigenvalue weighted by atomic mass is 32.2. The highest BCUT2D eigenvalue weighted by molar-refractivity contribution is 7.89. The minimum absolute atomic E-state index is 0.0363. The highest BCUT2D eigenvalue weighted by Gasteiger charge is 2.28. The summed E-state index contributed by atoms with van der Waals surface area (Å²) < 4.78 is 25.6. The largest absolute Gasteiger partial charge is 0.481 e. The topological polar surface area (TPSA) is 83.5 Å². The fourth-order valence-electron chi connectivity index (χ4n) is 2.16. The molecule has 0 unspecified atom stereocenters. The minimum atomic E-state index is -3.44. The highest BCUT2D eigenvalue weighted by Crippen LogP contribution is 2.35. The molecule has 0 aromatic carbocycles. The average molecular weight is 263 g/mol. The summed E-state index contributed by atoms with van der Waals surface area (Å²) in [5.41, 5.74) is 0.0363. The van der Waals surface area contributed by atoms with Gasteiger partial charge in [0, 0.05) is 6.54 Å². The third kappa shape index (κ3) is 5.50. The Kier molecular flexibility index (Phi) is 4.94. The van der Waals surface area contributed by atoms with Crippen molar-refractivity contribution in [1.82, 2.24) is 4.72 Å². The van der Waals surface area contributed by atoms with Crippen LogP contribution in [0.2, 0.25) is 0 Å². The smallest absolute Gasteiger partial charge is 0.304 e. The molecular weight excluding hydrogens is 242 g/mol. The normalized spacial score (nSPS) is 20.1. The molecule has 1 saturated carbocycles. The quantitative estimate of drug-likeness (QED) is 0.757. The standard InChI is InChI=1S/C11H21NO4S/c1-11(6-3-2-4-7-11)9-12-17(15,16)8-5-10(13)14/h12H,2-9H2,1H3,(H,13,14). The van der Waals surface area contributed by atoms with Gasteiger partial charge in [-0.3, -0.25) is 4.79 Å². The maximum Gasteiger partial charge on any atom is 0.304 e. The Morgan fingerprint density at radius 1 is 1.29 bits per heavy atom. The number of hydrogen-bond donors (Lipinski definition) is 2. The molecule has 1 rings (SSSR count). The van der Waals surface area contributed by atoms with Crippen molar-refractivity contribution >= 4 is 16.0 Å². The number of hydrogen-bond acceptors (Lipinski definition) is 3. The van der Waals surface area contributed by atoms with Gasteiger partial charge in [-0.15, -0.1) is 0 Å². The van der Waals surface area contributed by atoms with Crippen LogP contribution in [0.1, 0.15) is 45.4 Å². The number of rotatable bonds is 6. The van der Waals surface area contributed by atoms with Crippen LogP contribution in [0, 0.1) is 5.41 Å². The van der Waals surface area contributed by atoms with Crippen LogP contribution in [0.4, 0.5) is 0 Å². The van der Waals surface area contributed by atoms with Gasteiger partial charge in [0.1, 0.15) is 0 Å². The van der Waals surface area contributed by atoms with Crippen LogP contribution in [-0.4, -0.2) is 31.8 Å². The van der Waals surface area contributed by atoms with Crippen molar-refractivity contribution in [2.75, 3.05) is 12.3 Å². The monoisotopic (exact) mass is 263 g/mol. The number of carbonyl (C=O) groups is 1. The fraction of sp³-hybridized carbons (Fsp3) is 0.909. The van der Waals surface area contributed by atoms with Crippen LogP contribution in [0.25, 0.3) is 0 Å². The fourth-order valence-corrected chi connectivity index (χ4v) is 3.32. The van der Waals surface area contributed by atoms with Gasteiger partial charge in [0.2, 0.25) is 10.0 Å². The summed E-state index contributed by atoms with van der Waals surface area (Å²) in [5.74, 6) is -1.42. The first-order valence-corrected chi connectivity index (χ1v) is 7.67. The summed E-state index contributed by atoms with van der Waals surface area (Å²) in [6.07, 6.45) is 5.25. The van der Waals surface area contributed by atoms with Gasteiger partial charge in [0.25, 0.3) is 0 Å². The maximum atomic E-state index is 11.5. The van der Waals surface area contributed by atoms with Crippen molar-refractivity contribution in [1.29, 1.82) is 0 Å². The van der Waals surface area contributed by atoms with E-state index in [-0.39, 0.29) is 17.6 Å². The second-order valence-electron chi connectivity index (χ2n) is 5.16. The van der Waals surface area contributed by atoms with E-state index < -0.39 is 16.0 Å². The minimum Gasteiger partial charge on any atom is -0.481 e. The summed E-state index contributed by atoms with van der Waals surface area (Å²) in [7, 11) is -3.44. The van der Waals surface area contributed by atoms with Crippen molar-refractivity contribution in [3.05, 3.63) is 0 Å². The van der Waals surface area contributed by atoms with E-state index in [0.29, 0.717) is 6.54 Å². The van der Waals surface area contributed by atoms with Crippen molar-refractivity contribution < 1.29 is 18.3 Å². The zero-order chi connectivity index (χ0) is 12.9. The summed E-state index contributed by atoms with van der Waals surface area (Å²) >= 11 is 0. The molecule has 100 valence electrons. The lowest BCUT2D eigenvalue weighted by atomic mass is 9.76. The molecule has 0 saturated heterocycles. The molecule has 0 spiro atoms. The molecule has 1 aliphatic rings. The molecule has 1 fully saturated rings. The Labute approximate surface area is 103 Å². The van der Waals surface area contributed by atoms with Gasteiger partial charge in [-0.1, -0.05) is 26.2 Å². The van der Waals surface area contributed by atoms with E-state index in [9.17, 15) is 13.2 Å². The summed E-state index contributed by atoms with van der Waals surface area (Å²) in [6.45, 7) is 2.51. The van der Waals surface area contributed by atoms with E-state index in [0.717, 1.165) is 25.7 Å². The lowest BCUT2D eigenvalue weighted by Gasteiger charge is -2.33. The van der Waals surface area contributed by atoms with Gasteiger partial charge >= 0.3 is 5.97 Å². The third-order valence-electron chi connectivity index (χ3n) is 3.36. The van der Waals surface area contributed by atoms with Crippen LogP contribution >= 0.6 is 0 Å². The molecule has 0 heterocycles. The second-order valence-corrected chi connectivity index (χ2v) is 7.08.